The van der Waals surface area contributed by atoms with Gasteiger partial charge >= 0.3 is 0 Å². The van der Waals surface area contributed by atoms with Crippen LogP contribution in [-0.4, -0.2) is 43.4 Å². The molecule has 3 N–H and O–H groups in total. The SMILES string of the molecule is CCN(CC(=O)NC)C(=O)CC1CCC(CN)CC1. The van der Waals surface area contributed by atoms with E-state index in [2.05, 4.69) is 5.32 Å². The molecule has 1 saturated carbocycles. The average Bonchev–Trinajstić information content (AvgIpc) is 2.45. The van der Waals surface area contributed by atoms with E-state index in [9.17, 15) is 9.59 Å². The Morgan fingerprint density at radius 3 is 2.26 bits per heavy atom. The normalized spacial score (nSPS) is 22.9. The molecule has 0 aromatic heterocycles. The van der Waals surface area contributed by atoms with E-state index in [1.165, 1.54) is 0 Å². The molecule has 0 unspecified atom stereocenters. The van der Waals surface area contributed by atoms with Crippen molar-refractivity contribution < 1.29 is 9.59 Å². The molecule has 0 aliphatic heterocycles. The number of nitrogens with zero attached hydrogens (tertiary/aromatic N) is 1. The third-order valence-electron chi connectivity index (χ3n) is 4.11. The van der Waals surface area contributed by atoms with Crippen molar-refractivity contribution in [1.29, 1.82) is 0 Å². The zero-order valence-electron chi connectivity index (χ0n) is 12.2. The van der Waals surface area contributed by atoms with Crippen LogP contribution in [0, 0.1) is 11.8 Å². The van der Waals surface area contributed by atoms with Gasteiger partial charge in [0, 0.05) is 20.0 Å². The van der Waals surface area contributed by atoms with Gasteiger partial charge in [-0.3, -0.25) is 9.59 Å². The first-order valence-electron chi connectivity index (χ1n) is 7.29. The van der Waals surface area contributed by atoms with Gasteiger partial charge in [-0.2, -0.15) is 0 Å². The van der Waals surface area contributed by atoms with Gasteiger partial charge < -0.3 is 16.0 Å². The van der Waals surface area contributed by atoms with Crippen molar-refractivity contribution >= 4 is 11.8 Å². The van der Waals surface area contributed by atoms with Crippen LogP contribution < -0.4 is 11.1 Å². The first kappa shape index (κ1) is 16.0. The van der Waals surface area contributed by atoms with E-state index in [-0.39, 0.29) is 18.4 Å². The van der Waals surface area contributed by atoms with E-state index >= 15 is 0 Å². The summed E-state index contributed by atoms with van der Waals surface area (Å²) < 4.78 is 0. The molecule has 0 aromatic rings. The Labute approximate surface area is 115 Å². The van der Waals surface area contributed by atoms with Crippen LogP contribution in [0.4, 0.5) is 0 Å². The summed E-state index contributed by atoms with van der Waals surface area (Å²) in [5, 5.41) is 2.55. The van der Waals surface area contributed by atoms with Gasteiger partial charge in [0.25, 0.3) is 0 Å². The van der Waals surface area contributed by atoms with Crippen molar-refractivity contribution in [2.75, 3.05) is 26.7 Å². The molecule has 1 fully saturated rings. The minimum atomic E-state index is -0.109. The largest absolute Gasteiger partial charge is 0.358 e. The molecule has 110 valence electrons. The van der Waals surface area contributed by atoms with Crippen LogP contribution >= 0.6 is 0 Å². The minimum Gasteiger partial charge on any atom is -0.358 e. The third kappa shape index (κ3) is 5.19. The van der Waals surface area contributed by atoms with Gasteiger partial charge in [0.1, 0.15) is 0 Å². The molecule has 0 heterocycles. The maximum atomic E-state index is 12.2. The van der Waals surface area contributed by atoms with Crippen molar-refractivity contribution in [2.24, 2.45) is 17.6 Å². The second kappa shape index (κ2) is 8.15. The molecule has 1 rings (SSSR count). The molecule has 1 aliphatic rings. The lowest BCUT2D eigenvalue weighted by atomic mass is 9.80. The Kier molecular flexibility index (Phi) is 6.84. The molecule has 5 nitrogen and oxygen atoms in total. The summed E-state index contributed by atoms with van der Waals surface area (Å²) in [6, 6.07) is 0. The van der Waals surface area contributed by atoms with Gasteiger partial charge in [-0.1, -0.05) is 0 Å². The molecule has 1 aliphatic carbocycles. The highest BCUT2D eigenvalue weighted by molar-refractivity contribution is 5.84. The molecule has 2 amide bonds. The number of hydrogen-bond donors (Lipinski definition) is 2. The number of rotatable bonds is 6. The molecule has 0 spiro atoms. The molecule has 0 atom stereocenters. The quantitative estimate of drug-likeness (QED) is 0.746. The average molecular weight is 269 g/mol. The van der Waals surface area contributed by atoms with E-state index in [4.69, 9.17) is 5.73 Å². The van der Waals surface area contributed by atoms with E-state index < -0.39 is 0 Å². The Bertz CT molecular complexity index is 299. The molecule has 0 radical (unpaired) electrons. The molecule has 0 bridgehead atoms. The van der Waals surface area contributed by atoms with Crippen LogP contribution in [0.3, 0.4) is 0 Å². The smallest absolute Gasteiger partial charge is 0.239 e. The third-order valence-corrected chi connectivity index (χ3v) is 4.11. The van der Waals surface area contributed by atoms with Gasteiger partial charge in [-0.15, -0.1) is 0 Å². The standard InChI is InChI=1S/C14H27N3O2/c1-3-17(10-13(18)16-2)14(19)8-11-4-6-12(9-15)7-5-11/h11-12H,3-10,15H2,1-2H3,(H,16,18). The Morgan fingerprint density at radius 1 is 1.21 bits per heavy atom. The highest BCUT2D eigenvalue weighted by atomic mass is 16.2. The van der Waals surface area contributed by atoms with E-state index in [0.717, 1.165) is 32.2 Å². The van der Waals surface area contributed by atoms with Gasteiger partial charge in [0.05, 0.1) is 6.54 Å². The van der Waals surface area contributed by atoms with Crippen molar-refractivity contribution in [3.05, 3.63) is 0 Å². The molecule has 0 saturated heterocycles. The first-order valence-corrected chi connectivity index (χ1v) is 7.29. The predicted molar refractivity (Wildman–Crippen MR) is 75.4 cm³/mol. The maximum absolute atomic E-state index is 12.2. The predicted octanol–water partition coefficient (Wildman–Crippen LogP) is 0.736. The summed E-state index contributed by atoms with van der Waals surface area (Å²) in [4.78, 5) is 25.1. The summed E-state index contributed by atoms with van der Waals surface area (Å²) in [6.45, 7) is 3.43. The zero-order valence-corrected chi connectivity index (χ0v) is 12.2. The second-order valence-corrected chi connectivity index (χ2v) is 5.41. The summed E-state index contributed by atoms with van der Waals surface area (Å²) >= 11 is 0. The fourth-order valence-corrected chi connectivity index (χ4v) is 2.68. The Balaban J connectivity index is 2.38. The lowest BCUT2D eigenvalue weighted by Crippen LogP contribution is -2.40. The van der Waals surface area contributed by atoms with Gasteiger partial charge in [-0.05, 0) is 51.0 Å². The van der Waals surface area contributed by atoms with Crippen LogP contribution in [0.25, 0.3) is 0 Å². The van der Waals surface area contributed by atoms with Crippen molar-refractivity contribution in [3.8, 4) is 0 Å². The second-order valence-electron chi connectivity index (χ2n) is 5.41. The maximum Gasteiger partial charge on any atom is 0.239 e. The summed E-state index contributed by atoms with van der Waals surface area (Å²) in [7, 11) is 1.59. The topological polar surface area (TPSA) is 75.4 Å². The monoisotopic (exact) mass is 269 g/mol. The molecular weight excluding hydrogens is 242 g/mol. The van der Waals surface area contributed by atoms with E-state index in [0.29, 0.717) is 24.8 Å². The fraction of sp³-hybridized carbons (Fsp3) is 0.857. The number of nitrogens with two attached hydrogens (primary N) is 1. The van der Waals surface area contributed by atoms with E-state index in [1.807, 2.05) is 6.92 Å². The molecule has 0 aromatic carbocycles. The number of carbonyl (C=O) groups is 2. The van der Waals surface area contributed by atoms with Gasteiger partial charge in [0.2, 0.25) is 11.8 Å². The molecule has 19 heavy (non-hydrogen) atoms. The summed E-state index contributed by atoms with van der Waals surface area (Å²) in [5.41, 5.74) is 5.67. The number of hydrogen-bond acceptors (Lipinski definition) is 3. The first-order chi connectivity index (χ1) is 9.10. The number of likely N-dealkylation sites (N-methyl/N-ethyl adjacent to an activating group) is 2. The Morgan fingerprint density at radius 2 is 1.79 bits per heavy atom. The fourth-order valence-electron chi connectivity index (χ4n) is 2.68. The molecular formula is C14H27N3O2. The zero-order chi connectivity index (χ0) is 14.3. The highest BCUT2D eigenvalue weighted by Gasteiger charge is 2.24. The lowest BCUT2D eigenvalue weighted by molar-refractivity contribution is -0.136. The van der Waals surface area contributed by atoms with Crippen LogP contribution in [0.1, 0.15) is 39.0 Å². The Hall–Kier alpha value is -1.10. The van der Waals surface area contributed by atoms with E-state index in [1.54, 1.807) is 11.9 Å². The van der Waals surface area contributed by atoms with Crippen LogP contribution in [0.2, 0.25) is 0 Å². The number of nitrogens with one attached hydrogen (secondary N) is 1. The minimum absolute atomic E-state index is 0.0994. The lowest BCUT2D eigenvalue weighted by Gasteiger charge is -2.29. The van der Waals surface area contributed by atoms with Crippen molar-refractivity contribution in [1.82, 2.24) is 10.2 Å². The van der Waals surface area contributed by atoms with Crippen LogP contribution in [0.15, 0.2) is 0 Å². The number of amides is 2. The van der Waals surface area contributed by atoms with Crippen molar-refractivity contribution in [2.45, 2.75) is 39.0 Å². The van der Waals surface area contributed by atoms with Crippen LogP contribution in [0.5, 0.6) is 0 Å². The summed E-state index contributed by atoms with van der Waals surface area (Å²) in [5.74, 6) is 1.10. The van der Waals surface area contributed by atoms with Gasteiger partial charge in [0.15, 0.2) is 0 Å². The molecule has 5 heteroatoms. The summed E-state index contributed by atoms with van der Waals surface area (Å²) in [6.07, 6.45) is 5.02. The van der Waals surface area contributed by atoms with Crippen LogP contribution in [-0.2, 0) is 9.59 Å². The van der Waals surface area contributed by atoms with Gasteiger partial charge in [-0.25, -0.2) is 0 Å². The highest BCUT2D eigenvalue weighted by Crippen LogP contribution is 2.30. The van der Waals surface area contributed by atoms with Crippen molar-refractivity contribution in [3.63, 3.8) is 0 Å². The number of carbonyl (C=O) groups excluding carboxylic acids is 2.